The van der Waals surface area contributed by atoms with Gasteiger partial charge >= 0.3 is 0 Å². The van der Waals surface area contributed by atoms with Crippen LogP contribution in [0.15, 0.2) is 18.5 Å². The first-order valence-electron chi connectivity index (χ1n) is 5.90. The standard InChI is InChI=1S/C12H12ClN5S/c1-3-8-4-9-10(18-6-7(13)5-15-18)16-12(14-2)17-11(9)19-8/h4-6H,3H2,1-2H3,(H,14,16,17). The van der Waals surface area contributed by atoms with E-state index < -0.39 is 0 Å². The molecule has 7 heteroatoms. The van der Waals surface area contributed by atoms with E-state index in [0.29, 0.717) is 11.0 Å². The van der Waals surface area contributed by atoms with Crippen molar-refractivity contribution in [1.29, 1.82) is 0 Å². The van der Waals surface area contributed by atoms with Crippen molar-refractivity contribution in [1.82, 2.24) is 19.7 Å². The van der Waals surface area contributed by atoms with Crippen LogP contribution in [-0.2, 0) is 6.42 Å². The van der Waals surface area contributed by atoms with Crippen LogP contribution < -0.4 is 5.32 Å². The smallest absolute Gasteiger partial charge is 0.225 e. The molecule has 0 amide bonds. The highest BCUT2D eigenvalue weighted by Gasteiger charge is 2.13. The molecule has 0 spiro atoms. The van der Waals surface area contributed by atoms with Gasteiger partial charge in [0.1, 0.15) is 4.83 Å². The van der Waals surface area contributed by atoms with Gasteiger partial charge in [0.2, 0.25) is 5.95 Å². The van der Waals surface area contributed by atoms with Crippen molar-refractivity contribution < 1.29 is 0 Å². The maximum atomic E-state index is 5.93. The Morgan fingerprint density at radius 3 is 2.89 bits per heavy atom. The molecule has 0 aliphatic rings. The van der Waals surface area contributed by atoms with Crippen molar-refractivity contribution in [3.63, 3.8) is 0 Å². The molecule has 3 rings (SSSR count). The topological polar surface area (TPSA) is 55.6 Å². The van der Waals surface area contributed by atoms with E-state index in [2.05, 4.69) is 33.4 Å². The van der Waals surface area contributed by atoms with Crippen molar-refractivity contribution in [3.05, 3.63) is 28.4 Å². The van der Waals surface area contributed by atoms with Crippen molar-refractivity contribution >= 4 is 39.1 Å². The third-order valence-electron chi connectivity index (χ3n) is 2.76. The van der Waals surface area contributed by atoms with Gasteiger partial charge in [-0.15, -0.1) is 11.3 Å². The SMILES string of the molecule is CCc1cc2c(-n3cc(Cl)cn3)nc(NC)nc2s1. The van der Waals surface area contributed by atoms with Gasteiger partial charge in [-0.2, -0.15) is 10.1 Å². The van der Waals surface area contributed by atoms with E-state index in [9.17, 15) is 0 Å². The van der Waals surface area contributed by atoms with Gasteiger partial charge in [0.25, 0.3) is 0 Å². The van der Waals surface area contributed by atoms with E-state index in [4.69, 9.17) is 11.6 Å². The molecule has 0 fully saturated rings. The van der Waals surface area contributed by atoms with Crippen LogP contribution >= 0.6 is 22.9 Å². The van der Waals surface area contributed by atoms with Gasteiger partial charge in [-0.25, -0.2) is 9.67 Å². The van der Waals surface area contributed by atoms with Crippen LogP contribution in [-0.4, -0.2) is 26.8 Å². The molecule has 3 heterocycles. The summed E-state index contributed by atoms with van der Waals surface area (Å²) in [5.74, 6) is 1.33. The molecule has 0 atom stereocenters. The fourth-order valence-corrected chi connectivity index (χ4v) is 2.93. The van der Waals surface area contributed by atoms with Crippen LogP contribution in [0.3, 0.4) is 0 Å². The third kappa shape index (κ3) is 2.17. The highest BCUT2D eigenvalue weighted by molar-refractivity contribution is 7.18. The van der Waals surface area contributed by atoms with Gasteiger partial charge in [0, 0.05) is 11.9 Å². The minimum atomic E-state index is 0.582. The molecule has 1 N–H and O–H groups in total. The third-order valence-corrected chi connectivity index (χ3v) is 4.13. The average Bonchev–Trinajstić information content (AvgIpc) is 3.02. The minimum absolute atomic E-state index is 0.582. The van der Waals surface area contributed by atoms with Crippen LogP contribution in [0.5, 0.6) is 0 Å². The maximum absolute atomic E-state index is 5.93. The normalized spacial score (nSPS) is 11.1. The Hall–Kier alpha value is -1.66. The Morgan fingerprint density at radius 2 is 2.26 bits per heavy atom. The van der Waals surface area contributed by atoms with Crippen LogP contribution in [0.25, 0.3) is 16.0 Å². The van der Waals surface area contributed by atoms with Gasteiger partial charge in [-0.05, 0) is 12.5 Å². The number of aryl methyl sites for hydroxylation is 1. The Labute approximate surface area is 119 Å². The largest absolute Gasteiger partial charge is 0.357 e. The average molecular weight is 294 g/mol. The summed E-state index contributed by atoms with van der Waals surface area (Å²) in [6, 6.07) is 2.12. The predicted octanol–water partition coefficient (Wildman–Crippen LogP) is 3.13. The second-order valence-corrected chi connectivity index (χ2v) is 5.56. The molecule has 0 radical (unpaired) electrons. The summed E-state index contributed by atoms with van der Waals surface area (Å²) >= 11 is 7.61. The Kier molecular flexibility index (Phi) is 3.12. The van der Waals surface area contributed by atoms with Gasteiger partial charge in [-0.3, -0.25) is 0 Å². The first kappa shape index (κ1) is 12.4. The van der Waals surface area contributed by atoms with Crippen LogP contribution in [0.2, 0.25) is 5.02 Å². The first-order valence-corrected chi connectivity index (χ1v) is 7.09. The highest BCUT2D eigenvalue weighted by Crippen LogP contribution is 2.29. The second kappa shape index (κ2) is 4.79. The van der Waals surface area contributed by atoms with E-state index in [-0.39, 0.29) is 0 Å². The molecule has 0 bridgehead atoms. The zero-order valence-electron chi connectivity index (χ0n) is 10.5. The summed E-state index contributed by atoms with van der Waals surface area (Å²) < 4.78 is 1.68. The molecule has 0 saturated carbocycles. The summed E-state index contributed by atoms with van der Waals surface area (Å²) in [4.78, 5) is 11.2. The fourth-order valence-electron chi connectivity index (χ4n) is 1.83. The number of aromatic nitrogens is 4. The molecule has 98 valence electrons. The van der Waals surface area contributed by atoms with Gasteiger partial charge in [0.15, 0.2) is 5.82 Å². The Bertz CT molecular complexity index is 733. The zero-order chi connectivity index (χ0) is 13.4. The van der Waals surface area contributed by atoms with Crippen LogP contribution in [0.4, 0.5) is 5.95 Å². The number of nitrogens with zero attached hydrogens (tertiary/aromatic N) is 4. The number of anilines is 1. The zero-order valence-corrected chi connectivity index (χ0v) is 12.1. The lowest BCUT2D eigenvalue weighted by molar-refractivity contribution is 0.853. The number of nitrogens with one attached hydrogen (secondary N) is 1. The predicted molar refractivity (Wildman–Crippen MR) is 78.5 cm³/mol. The van der Waals surface area contributed by atoms with Crippen molar-refractivity contribution in [2.45, 2.75) is 13.3 Å². The molecule has 0 aliphatic heterocycles. The molecular formula is C12H12ClN5S. The lowest BCUT2D eigenvalue weighted by Crippen LogP contribution is -2.03. The molecule has 0 unspecified atom stereocenters. The quantitative estimate of drug-likeness (QED) is 0.806. The molecular weight excluding hydrogens is 282 g/mol. The number of thiophene rings is 1. The molecule has 0 saturated heterocycles. The lowest BCUT2D eigenvalue weighted by atomic mass is 10.3. The monoisotopic (exact) mass is 293 g/mol. The van der Waals surface area contributed by atoms with E-state index in [1.54, 1.807) is 35.5 Å². The van der Waals surface area contributed by atoms with Gasteiger partial charge in [0.05, 0.1) is 22.8 Å². The minimum Gasteiger partial charge on any atom is -0.357 e. The molecule has 0 aromatic carbocycles. The summed E-state index contributed by atoms with van der Waals surface area (Å²) in [6.07, 6.45) is 4.32. The molecule has 3 aromatic rings. The van der Waals surface area contributed by atoms with Crippen LogP contribution in [0, 0.1) is 0 Å². The summed E-state index contributed by atoms with van der Waals surface area (Å²) in [5.41, 5.74) is 0. The van der Waals surface area contributed by atoms with E-state index in [1.165, 1.54) is 4.88 Å². The summed E-state index contributed by atoms with van der Waals surface area (Å²) in [7, 11) is 1.80. The second-order valence-electron chi connectivity index (χ2n) is 4.01. The van der Waals surface area contributed by atoms with Crippen molar-refractivity contribution in [2.24, 2.45) is 0 Å². The number of hydrogen-bond donors (Lipinski definition) is 1. The number of fused-ring (bicyclic) bond motifs is 1. The van der Waals surface area contributed by atoms with Crippen LogP contribution in [0.1, 0.15) is 11.8 Å². The number of halogens is 1. The molecule has 19 heavy (non-hydrogen) atoms. The molecule has 3 aromatic heterocycles. The van der Waals surface area contributed by atoms with Gasteiger partial charge < -0.3 is 5.32 Å². The maximum Gasteiger partial charge on any atom is 0.225 e. The van der Waals surface area contributed by atoms with E-state index in [0.717, 1.165) is 22.5 Å². The lowest BCUT2D eigenvalue weighted by Gasteiger charge is -2.04. The fraction of sp³-hybridized carbons (Fsp3) is 0.250. The van der Waals surface area contributed by atoms with Crippen molar-refractivity contribution in [3.8, 4) is 5.82 Å². The highest BCUT2D eigenvalue weighted by atomic mass is 35.5. The summed E-state index contributed by atoms with van der Waals surface area (Å²) in [6.45, 7) is 2.13. The van der Waals surface area contributed by atoms with Gasteiger partial charge in [-0.1, -0.05) is 18.5 Å². The van der Waals surface area contributed by atoms with E-state index >= 15 is 0 Å². The van der Waals surface area contributed by atoms with E-state index in [1.807, 2.05) is 0 Å². The first-order chi connectivity index (χ1) is 9.21. The molecule has 0 aliphatic carbocycles. The number of rotatable bonds is 3. The Morgan fingerprint density at radius 1 is 1.42 bits per heavy atom. The van der Waals surface area contributed by atoms with Crippen molar-refractivity contribution in [2.75, 3.05) is 12.4 Å². The molecule has 5 nitrogen and oxygen atoms in total. The Balaban J connectivity index is 2.28. The number of hydrogen-bond acceptors (Lipinski definition) is 5. The summed E-state index contributed by atoms with van der Waals surface area (Å²) in [5, 5.41) is 8.78.